The molecule has 62 heavy (non-hydrogen) atoms. The van der Waals surface area contributed by atoms with E-state index in [0.29, 0.717) is 48.9 Å². The SMILES string of the molecule is Cn1c2c(c3ccc(-n4ccc(OCc5ccccc5)cc4=O)cc31)C1CCC(C2)N1.Cn1c2c(c3ccc(-n4ccc(OCc5ccccc5)cc4=O)cc31)C1CCC(C2)N1. The van der Waals surface area contributed by atoms with Crippen LogP contribution in [0.3, 0.4) is 0 Å². The highest BCUT2D eigenvalue weighted by Crippen LogP contribution is 2.43. The fraction of sp³-hybridized carbons (Fsp3) is 0.269. The van der Waals surface area contributed by atoms with Gasteiger partial charge in [0.25, 0.3) is 11.1 Å². The van der Waals surface area contributed by atoms with E-state index < -0.39 is 0 Å². The molecule has 10 nitrogen and oxygen atoms in total. The third-order valence-corrected chi connectivity index (χ3v) is 13.6. The van der Waals surface area contributed by atoms with Gasteiger partial charge in [-0.1, -0.05) is 72.8 Å². The predicted molar refractivity (Wildman–Crippen MR) is 244 cm³/mol. The van der Waals surface area contributed by atoms with Crippen LogP contribution in [-0.4, -0.2) is 30.4 Å². The number of nitrogens with zero attached hydrogens (tertiary/aromatic N) is 4. The van der Waals surface area contributed by atoms with Crippen molar-refractivity contribution in [1.82, 2.24) is 28.9 Å². The average molecular weight is 823 g/mol. The summed E-state index contributed by atoms with van der Waals surface area (Å²) in [6, 6.07) is 41.6. The monoisotopic (exact) mass is 822 g/mol. The second kappa shape index (κ2) is 15.7. The van der Waals surface area contributed by atoms with Crippen molar-refractivity contribution in [3.63, 3.8) is 0 Å². The fourth-order valence-corrected chi connectivity index (χ4v) is 10.5. The van der Waals surface area contributed by atoms with Gasteiger partial charge in [-0.25, -0.2) is 0 Å². The Morgan fingerprint density at radius 2 is 0.968 bits per heavy atom. The van der Waals surface area contributed by atoms with E-state index in [4.69, 9.17) is 9.47 Å². The third-order valence-electron chi connectivity index (χ3n) is 13.6. The van der Waals surface area contributed by atoms with Gasteiger partial charge in [0.15, 0.2) is 0 Å². The molecule has 0 spiro atoms. The summed E-state index contributed by atoms with van der Waals surface area (Å²) in [4.78, 5) is 25.7. The lowest BCUT2D eigenvalue weighted by Crippen LogP contribution is -2.32. The molecule has 12 rings (SSSR count). The molecule has 0 amide bonds. The van der Waals surface area contributed by atoms with E-state index in [1.807, 2.05) is 72.8 Å². The van der Waals surface area contributed by atoms with E-state index in [0.717, 1.165) is 35.3 Å². The summed E-state index contributed by atoms with van der Waals surface area (Å²) in [6.07, 6.45) is 10.7. The summed E-state index contributed by atoms with van der Waals surface area (Å²) in [5.74, 6) is 1.17. The van der Waals surface area contributed by atoms with Crippen molar-refractivity contribution >= 4 is 21.8 Å². The van der Waals surface area contributed by atoms with E-state index in [1.54, 1.807) is 33.7 Å². The molecule has 4 aromatic carbocycles. The first-order chi connectivity index (χ1) is 30.3. The minimum absolute atomic E-state index is 0.0930. The van der Waals surface area contributed by atoms with Crippen molar-refractivity contribution < 1.29 is 9.47 Å². The third kappa shape index (κ3) is 6.93. The first-order valence-corrected chi connectivity index (χ1v) is 21.9. The van der Waals surface area contributed by atoms with Crippen molar-refractivity contribution in [2.24, 2.45) is 14.1 Å². The maximum atomic E-state index is 12.8. The van der Waals surface area contributed by atoms with Crippen LogP contribution < -0.4 is 31.2 Å². The Labute approximate surface area is 360 Å². The predicted octanol–water partition coefficient (Wildman–Crippen LogP) is 8.51. The number of fused-ring (bicyclic) bond motifs is 12. The lowest BCUT2D eigenvalue weighted by Gasteiger charge is -2.23. The Morgan fingerprint density at radius 1 is 0.532 bits per heavy atom. The zero-order chi connectivity index (χ0) is 41.9. The molecular weight excluding hydrogens is 773 g/mol. The van der Waals surface area contributed by atoms with Gasteiger partial charge in [0.2, 0.25) is 0 Å². The molecular formula is C52H50N6O4. The number of benzene rings is 4. The molecule has 4 unspecified atom stereocenters. The number of aryl methyl sites for hydroxylation is 2. The zero-order valence-electron chi connectivity index (χ0n) is 35.1. The highest BCUT2D eigenvalue weighted by molar-refractivity contribution is 5.89. The molecule has 0 saturated carbocycles. The van der Waals surface area contributed by atoms with Gasteiger partial charge < -0.3 is 29.2 Å². The van der Waals surface area contributed by atoms with Crippen molar-refractivity contribution in [3.8, 4) is 22.9 Å². The smallest absolute Gasteiger partial charge is 0.258 e. The Hall–Kier alpha value is -6.62. The van der Waals surface area contributed by atoms with E-state index in [2.05, 4.69) is 70.3 Å². The number of hydrogen-bond donors (Lipinski definition) is 2. The summed E-state index contributed by atoms with van der Waals surface area (Å²) in [5.41, 5.74) is 11.9. The topological polar surface area (TPSA) is 96.4 Å². The van der Waals surface area contributed by atoms with E-state index in [-0.39, 0.29) is 11.1 Å². The molecule has 0 aliphatic carbocycles. The first kappa shape index (κ1) is 38.3. The van der Waals surface area contributed by atoms with Gasteiger partial charge in [-0.15, -0.1) is 0 Å². The summed E-state index contributed by atoms with van der Waals surface area (Å²) in [5, 5.41) is 10.1. The van der Waals surface area contributed by atoms with Crippen LogP contribution in [0.2, 0.25) is 0 Å². The quantitative estimate of drug-likeness (QED) is 0.160. The molecule has 312 valence electrons. The van der Waals surface area contributed by atoms with Crippen molar-refractivity contribution in [3.05, 3.63) is 188 Å². The molecule has 2 fully saturated rings. The maximum Gasteiger partial charge on any atom is 0.258 e. The first-order valence-electron chi connectivity index (χ1n) is 21.9. The summed E-state index contributed by atoms with van der Waals surface area (Å²) in [6.45, 7) is 0.892. The summed E-state index contributed by atoms with van der Waals surface area (Å²) in [7, 11) is 4.30. The highest BCUT2D eigenvalue weighted by Gasteiger charge is 2.37. The second-order valence-electron chi connectivity index (χ2n) is 17.3. The van der Waals surface area contributed by atoms with Gasteiger partial charge >= 0.3 is 0 Å². The minimum atomic E-state index is -0.0930. The van der Waals surface area contributed by atoms with Crippen molar-refractivity contribution in [2.45, 2.75) is 75.9 Å². The lowest BCUT2D eigenvalue weighted by atomic mass is 9.99. The molecule has 2 N–H and O–H groups in total. The van der Waals surface area contributed by atoms with Crippen LogP contribution in [0.15, 0.2) is 143 Å². The van der Waals surface area contributed by atoms with Gasteiger partial charge in [-0.2, -0.15) is 0 Å². The lowest BCUT2D eigenvalue weighted by molar-refractivity contribution is 0.305. The number of hydrogen-bond acceptors (Lipinski definition) is 6. The zero-order valence-corrected chi connectivity index (χ0v) is 35.1. The fourth-order valence-electron chi connectivity index (χ4n) is 10.5. The minimum Gasteiger partial charge on any atom is -0.489 e. The molecule has 8 aromatic rings. The average Bonchev–Trinajstić information content (AvgIpc) is 4.04. The molecule has 4 atom stereocenters. The Kier molecular flexibility index (Phi) is 9.70. The molecule has 8 heterocycles. The molecule has 2 saturated heterocycles. The van der Waals surface area contributed by atoms with Gasteiger partial charge in [0, 0.05) is 97.8 Å². The molecule has 4 bridgehead atoms. The summed E-state index contributed by atoms with van der Waals surface area (Å²) < 4.78 is 19.6. The molecule has 10 heteroatoms. The molecule has 4 aliphatic heterocycles. The second-order valence-corrected chi connectivity index (χ2v) is 17.3. The van der Waals surface area contributed by atoms with Crippen LogP contribution in [0.5, 0.6) is 11.5 Å². The summed E-state index contributed by atoms with van der Waals surface area (Å²) >= 11 is 0. The van der Waals surface area contributed by atoms with Crippen LogP contribution >= 0.6 is 0 Å². The van der Waals surface area contributed by atoms with Crippen molar-refractivity contribution in [2.75, 3.05) is 0 Å². The van der Waals surface area contributed by atoms with Gasteiger partial charge in [0.1, 0.15) is 24.7 Å². The number of ether oxygens (including phenoxy) is 2. The van der Waals surface area contributed by atoms with Crippen LogP contribution in [0.1, 0.15) is 71.4 Å². The van der Waals surface area contributed by atoms with Gasteiger partial charge in [-0.05, 0) is 84.3 Å². The maximum absolute atomic E-state index is 12.8. The van der Waals surface area contributed by atoms with E-state index in [9.17, 15) is 9.59 Å². The van der Waals surface area contributed by atoms with Crippen LogP contribution in [0, 0.1) is 0 Å². The largest absolute Gasteiger partial charge is 0.489 e. The number of nitrogens with one attached hydrogen (secondary N) is 2. The Balaban J connectivity index is 0.000000139. The van der Waals surface area contributed by atoms with Crippen LogP contribution in [-0.2, 0) is 40.2 Å². The van der Waals surface area contributed by atoms with Crippen LogP contribution in [0.4, 0.5) is 0 Å². The standard InChI is InChI=1S/2C26H25N3O2/c2*1-28-23-14-19(8-9-21(23)26-22-10-7-18(27-22)13-24(26)28)29-12-11-20(15-25(29)30)31-16-17-5-3-2-4-6-17/h2*2-6,8-9,11-12,14-15,18,22,27H,7,10,13,16H2,1H3. The van der Waals surface area contributed by atoms with Crippen LogP contribution in [0.25, 0.3) is 33.2 Å². The highest BCUT2D eigenvalue weighted by atomic mass is 16.5. The molecule has 4 aromatic heterocycles. The molecule has 4 aliphatic rings. The normalized spacial score (nSPS) is 19.5. The Morgan fingerprint density at radius 3 is 1.39 bits per heavy atom. The number of pyridine rings is 2. The molecule has 0 radical (unpaired) electrons. The number of rotatable bonds is 8. The van der Waals surface area contributed by atoms with E-state index in [1.165, 1.54) is 70.0 Å². The van der Waals surface area contributed by atoms with E-state index >= 15 is 0 Å². The number of aromatic nitrogens is 4. The van der Waals surface area contributed by atoms with Crippen molar-refractivity contribution in [1.29, 1.82) is 0 Å². The van der Waals surface area contributed by atoms with Gasteiger partial charge in [0.05, 0.1) is 22.4 Å². The van der Waals surface area contributed by atoms with Gasteiger partial charge in [-0.3, -0.25) is 18.7 Å². The Bertz CT molecular complexity index is 2880.